The summed E-state index contributed by atoms with van der Waals surface area (Å²) in [6.45, 7) is 7.80. The highest BCUT2D eigenvalue weighted by molar-refractivity contribution is 5.76. The molecule has 0 aliphatic carbocycles. The minimum Gasteiger partial charge on any atom is -0.390 e. The Hall–Kier alpha value is -0.610. The van der Waals surface area contributed by atoms with Gasteiger partial charge in [-0.1, -0.05) is 6.92 Å². The Morgan fingerprint density at radius 3 is 2.90 bits per heavy atom. The third-order valence-corrected chi connectivity index (χ3v) is 5.05. The van der Waals surface area contributed by atoms with Crippen molar-refractivity contribution in [3.63, 3.8) is 0 Å². The first-order valence-electron chi connectivity index (χ1n) is 8.19. The summed E-state index contributed by atoms with van der Waals surface area (Å²) >= 11 is 0. The number of amides is 1. The Balaban J connectivity index is 1.81. The first-order chi connectivity index (χ1) is 9.48. The van der Waals surface area contributed by atoms with Gasteiger partial charge in [0.05, 0.1) is 5.60 Å². The van der Waals surface area contributed by atoms with Crippen molar-refractivity contribution in [2.75, 3.05) is 26.2 Å². The van der Waals surface area contributed by atoms with Crippen molar-refractivity contribution in [1.29, 1.82) is 0 Å². The SMILES string of the molecule is CC(CC(=O)N1CCCC(C)(O)CC1)C1CCCNC1. The van der Waals surface area contributed by atoms with Crippen molar-refractivity contribution in [3.05, 3.63) is 0 Å². The van der Waals surface area contributed by atoms with Crippen LogP contribution in [0.4, 0.5) is 0 Å². The van der Waals surface area contributed by atoms with E-state index in [0.717, 1.165) is 32.5 Å². The molecule has 2 saturated heterocycles. The van der Waals surface area contributed by atoms with E-state index in [1.165, 1.54) is 12.8 Å². The lowest BCUT2D eigenvalue weighted by atomic mass is 9.85. The summed E-state index contributed by atoms with van der Waals surface area (Å²) in [6, 6.07) is 0. The van der Waals surface area contributed by atoms with Crippen molar-refractivity contribution in [3.8, 4) is 0 Å². The van der Waals surface area contributed by atoms with Gasteiger partial charge in [-0.2, -0.15) is 0 Å². The molecule has 2 fully saturated rings. The number of rotatable bonds is 3. The van der Waals surface area contributed by atoms with Gasteiger partial charge < -0.3 is 15.3 Å². The molecule has 0 radical (unpaired) electrons. The topological polar surface area (TPSA) is 52.6 Å². The molecule has 0 aromatic carbocycles. The molecule has 4 nitrogen and oxygen atoms in total. The fraction of sp³-hybridized carbons (Fsp3) is 0.938. The minimum atomic E-state index is -0.589. The second-order valence-corrected chi connectivity index (χ2v) is 7.02. The summed E-state index contributed by atoms with van der Waals surface area (Å²) in [7, 11) is 0. The zero-order valence-corrected chi connectivity index (χ0v) is 13.0. The van der Waals surface area contributed by atoms with Crippen molar-refractivity contribution in [1.82, 2.24) is 10.2 Å². The minimum absolute atomic E-state index is 0.278. The Morgan fingerprint density at radius 2 is 2.20 bits per heavy atom. The number of likely N-dealkylation sites (tertiary alicyclic amines) is 1. The third kappa shape index (κ3) is 4.45. The quantitative estimate of drug-likeness (QED) is 0.829. The molecule has 0 saturated carbocycles. The van der Waals surface area contributed by atoms with E-state index in [9.17, 15) is 9.90 Å². The van der Waals surface area contributed by atoms with Gasteiger partial charge in [-0.3, -0.25) is 4.79 Å². The van der Waals surface area contributed by atoms with E-state index in [-0.39, 0.29) is 5.91 Å². The molecule has 4 heteroatoms. The van der Waals surface area contributed by atoms with Crippen molar-refractivity contribution in [2.45, 2.75) is 58.0 Å². The van der Waals surface area contributed by atoms with Crippen molar-refractivity contribution in [2.24, 2.45) is 11.8 Å². The largest absolute Gasteiger partial charge is 0.390 e. The van der Waals surface area contributed by atoms with Gasteiger partial charge in [-0.05, 0) is 64.0 Å². The Kier molecular flexibility index (Phi) is 5.44. The van der Waals surface area contributed by atoms with Crippen LogP contribution >= 0.6 is 0 Å². The summed E-state index contributed by atoms with van der Waals surface area (Å²) < 4.78 is 0. The van der Waals surface area contributed by atoms with Gasteiger partial charge in [-0.25, -0.2) is 0 Å². The molecular weight excluding hydrogens is 252 g/mol. The van der Waals surface area contributed by atoms with Crippen LogP contribution in [0.3, 0.4) is 0 Å². The monoisotopic (exact) mass is 282 g/mol. The molecule has 3 atom stereocenters. The lowest BCUT2D eigenvalue weighted by Crippen LogP contribution is -2.38. The van der Waals surface area contributed by atoms with Gasteiger partial charge in [-0.15, -0.1) is 0 Å². The van der Waals surface area contributed by atoms with Crippen LogP contribution in [0.25, 0.3) is 0 Å². The molecule has 2 aliphatic rings. The number of carbonyl (C=O) groups excluding carboxylic acids is 1. The van der Waals surface area contributed by atoms with Gasteiger partial charge in [0.25, 0.3) is 0 Å². The molecule has 0 bridgehead atoms. The number of piperidine rings is 1. The maximum atomic E-state index is 12.4. The van der Waals surface area contributed by atoms with Gasteiger partial charge in [0.2, 0.25) is 5.91 Å². The normalized spacial score (nSPS) is 33.5. The van der Waals surface area contributed by atoms with Gasteiger partial charge >= 0.3 is 0 Å². The summed E-state index contributed by atoms with van der Waals surface area (Å²) in [6.07, 6.45) is 5.56. The van der Waals surface area contributed by atoms with Crippen LogP contribution in [-0.2, 0) is 4.79 Å². The van der Waals surface area contributed by atoms with Crippen molar-refractivity contribution >= 4 is 5.91 Å². The number of carbonyl (C=O) groups is 1. The maximum Gasteiger partial charge on any atom is 0.222 e. The number of hydrogen-bond donors (Lipinski definition) is 2. The highest BCUT2D eigenvalue weighted by Gasteiger charge is 2.29. The van der Waals surface area contributed by atoms with E-state index >= 15 is 0 Å². The number of aliphatic hydroxyl groups is 1. The number of hydrogen-bond acceptors (Lipinski definition) is 3. The fourth-order valence-corrected chi connectivity index (χ4v) is 3.45. The molecule has 2 rings (SSSR count). The van der Waals surface area contributed by atoms with Crippen LogP contribution in [0.1, 0.15) is 52.4 Å². The predicted octanol–water partition coefficient (Wildman–Crippen LogP) is 1.78. The molecule has 0 aromatic heterocycles. The third-order valence-electron chi connectivity index (χ3n) is 5.05. The number of nitrogens with one attached hydrogen (secondary N) is 1. The lowest BCUT2D eigenvalue weighted by Gasteiger charge is -2.30. The van der Waals surface area contributed by atoms with Crippen LogP contribution in [0.5, 0.6) is 0 Å². The molecule has 116 valence electrons. The molecule has 20 heavy (non-hydrogen) atoms. The second kappa shape index (κ2) is 6.90. The fourth-order valence-electron chi connectivity index (χ4n) is 3.45. The average molecular weight is 282 g/mol. The summed E-state index contributed by atoms with van der Waals surface area (Å²) in [5.41, 5.74) is -0.589. The molecular formula is C16H30N2O2. The molecule has 0 aromatic rings. The first-order valence-corrected chi connectivity index (χ1v) is 8.19. The van der Waals surface area contributed by atoms with Gasteiger partial charge in [0, 0.05) is 19.5 Å². The van der Waals surface area contributed by atoms with E-state index in [1.54, 1.807) is 0 Å². The van der Waals surface area contributed by atoms with E-state index in [1.807, 2.05) is 11.8 Å². The highest BCUT2D eigenvalue weighted by Crippen LogP contribution is 2.25. The van der Waals surface area contributed by atoms with Crippen LogP contribution in [-0.4, -0.2) is 47.7 Å². The number of nitrogens with zero attached hydrogens (tertiary/aromatic N) is 1. The van der Waals surface area contributed by atoms with Crippen LogP contribution in [0.2, 0.25) is 0 Å². The van der Waals surface area contributed by atoms with E-state index < -0.39 is 5.60 Å². The first kappa shape index (κ1) is 15.8. The highest BCUT2D eigenvalue weighted by atomic mass is 16.3. The van der Waals surface area contributed by atoms with E-state index in [2.05, 4.69) is 12.2 Å². The van der Waals surface area contributed by atoms with Crippen molar-refractivity contribution < 1.29 is 9.90 Å². The average Bonchev–Trinajstić information content (AvgIpc) is 2.60. The molecule has 3 unspecified atom stereocenters. The summed E-state index contributed by atoms with van der Waals surface area (Å²) in [5, 5.41) is 13.5. The predicted molar refractivity (Wildman–Crippen MR) is 80.4 cm³/mol. The van der Waals surface area contributed by atoms with Crippen LogP contribution in [0, 0.1) is 11.8 Å². The molecule has 2 N–H and O–H groups in total. The Morgan fingerprint density at radius 1 is 1.40 bits per heavy atom. The smallest absolute Gasteiger partial charge is 0.222 e. The van der Waals surface area contributed by atoms with Crippen LogP contribution in [0.15, 0.2) is 0 Å². The Bertz CT molecular complexity index is 324. The summed E-state index contributed by atoms with van der Waals surface area (Å²) in [5.74, 6) is 1.38. The Labute approximate surface area is 122 Å². The van der Waals surface area contributed by atoms with Gasteiger partial charge in [0.15, 0.2) is 0 Å². The van der Waals surface area contributed by atoms with E-state index in [0.29, 0.717) is 31.2 Å². The lowest BCUT2D eigenvalue weighted by molar-refractivity contribution is -0.132. The zero-order valence-electron chi connectivity index (χ0n) is 13.0. The molecule has 0 spiro atoms. The van der Waals surface area contributed by atoms with Gasteiger partial charge in [0.1, 0.15) is 0 Å². The zero-order chi connectivity index (χ0) is 14.6. The maximum absolute atomic E-state index is 12.4. The standard InChI is InChI=1S/C16H30N2O2/c1-13(14-5-3-8-17-12-14)11-15(19)18-9-4-6-16(2,20)7-10-18/h13-14,17,20H,3-12H2,1-2H3. The summed E-state index contributed by atoms with van der Waals surface area (Å²) in [4.78, 5) is 14.4. The van der Waals surface area contributed by atoms with E-state index in [4.69, 9.17) is 0 Å². The molecule has 1 amide bonds. The van der Waals surface area contributed by atoms with Crippen LogP contribution < -0.4 is 5.32 Å². The molecule has 2 heterocycles. The molecule has 2 aliphatic heterocycles. The second-order valence-electron chi connectivity index (χ2n) is 7.02.